The molecule has 2 heterocycles. The fourth-order valence-corrected chi connectivity index (χ4v) is 3.12. The third-order valence-electron chi connectivity index (χ3n) is 4.40. The number of hydrogen-bond donors (Lipinski definition) is 2. The Kier molecular flexibility index (Phi) is 9.73. The van der Waals surface area contributed by atoms with Crippen LogP contribution in [0.15, 0.2) is 53.7 Å². The summed E-state index contributed by atoms with van der Waals surface area (Å²) in [6, 6.07) is 13.0. The minimum atomic E-state index is 0. The lowest BCUT2D eigenvalue weighted by Gasteiger charge is -2.13. The van der Waals surface area contributed by atoms with Crippen molar-refractivity contribution in [3.8, 4) is 17.4 Å². The van der Waals surface area contributed by atoms with E-state index in [4.69, 9.17) is 32.7 Å². The zero-order chi connectivity index (χ0) is 21.5. The van der Waals surface area contributed by atoms with Gasteiger partial charge in [0.05, 0.1) is 18.7 Å². The maximum atomic E-state index is 6.10. The van der Waals surface area contributed by atoms with Crippen molar-refractivity contribution in [2.24, 2.45) is 12.0 Å². The Labute approximate surface area is 208 Å². The second kappa shape index (κ2) is 12.0. The van der Waals surface area contributed by atoms with Gasteiger partial charge in [-0.2, -0.15) is 0 Å². The van der Waals surface area contributed by atoms with E-state index in [-0.39, 0.29) is 24.0 Å². The molecule has 3 rings (SSSR count). The molecule has 0 aliphatic heterocycles. The van der Waals surface area contributed by atoms with Crippen LogP contribution in [-0.4, -0.2) is 29.7 Å². The molecule has 0 saturated carbocycles. The maximum absolute atomic E-state index is 6.10. The zero-order valence-corrected chi connectivity index (χ0v) is 21.2. The van der Waals surface area contributed by atoms with Gasteiger partial charge in [-0.1, -0.05) is 35.3 Å². The SMILES string of the molecule is CN=C(NCc1ccc(Oc2cccc(OC)c2)nc1)NCc1cc(Cl)c(Cl)n1C.I. The van der Waals surface area contributed by atoms with Crippen LogP contribution in [0, 0.1) is 0 Å². The second-order valence-electron chi connectivity index (χ2n) is 6.40. The molecule has 1 aromatic carbocycles. The van der Waals surface area contributed by atoms with Gasteiger partial charge in [-0.3, -0.25) is 4.99 Å². The first-order valence-electron chi connectivity index (χ1n) is 9.21. The molecule has 2 aromatic heterocycles. The Hall–Kier alpha value is -2.17. The lowest BCUT2D eigenvalue weighted by Crippen LogP contribution is -2.36. The summed E-state index contributed by atoms with van der Waals surface area (Å²) in [5.41, 5.74) is 1.94. The van der Waals surface area contributed by atoms with Crippen molar-refractivity contribution >= 4 is 53.1 Å². The maximum Gasteiger partial charge on any atom is 0.219 e. The molecule has 2 N–H and O–H groups in total. The van der Waals surface area contributed by atoms with Gasteiger partial charge in [-0.05, 0) is 23.8 Å². The number of rotatable bonds is 7. The van der Waals surface area contributed by atoms with Crippen LogP contribution < -0.4 is 20.1 Å². The lowest BCUT2D eigenvalue weighted by molar-refractivity contribution is 0.407. The third-order valence-corrected chi connectivity index (χ3v) is 5.24. The second-order valence-corrected chi connectivity index (χ2v) is 7.16. The molecule has 0 aliphatic carbocycles. The van der Waals surface area contributed by atoms with Gasteiger partial charge in [-0.25, -0.2) is 4.98 Å². The highest BCUT2D eigenvalue weighted by Gasteiger charge is 2.09. The van der Waals surface area contributed by atoms with E-state index >= 15 is 0 Å². The quantitative estimate of drug-likeness (QED) is 0.235. The molecule has 0 saturated heterocycles. The molecule has 0 radical (unpaired) electrons. The molecule has 3 aromatic rings. The predicted octanol–water partition coefficient (Wildman–Crippen LogP) is 5.01. The monoisotopic (exact) mass is 575 g/mol. The van der Waals surface area contributed by atoms with Crippen molar-refractivity contribution in [2.45, 2.75) is 13.1 Å². The molecule has 0 unspecified atom stereocenters. The number of hydrogen-bond acceptors (Lipinski definition) is 4. The first-order chi connectivity index (χ1) is 14.5. The minimum absolute atomic E-state index is 0. The first kappa shape index (κ1) is 25.1. The number of aliphatic imine (C=N–C) groups is 1. The average molecular weight is 576 g/mol. The fourth-order valence-electron chi connectivity index (χ4n) is 2.70. The Morgan fingerprint density at radius 1 is 1.10 bits per heavy atom. The smallest absolute Gasteiger partial charge is 0.219 e. The van der Waals surface area contributed by atoms with Crippen molar-refractivity contribution in [1.82, 2.24) is 20.2 Å². The van der Waals surface area contributed by atoms with E-state index < -0.39 is 0 Å². The summed E-state index contributed by atoms with van der Waals surface area (Å²) < 4.78 is 12.8. The summed E-state index contributed by atoms with van der Waals surface area (Å²) in [6.45, 7) is 1.09. The Morgan fingerprint density at radius 3 is 2.45 bits per heavy atom. The van der Waals surface area contributed by atoms with E-state index in [1.807, 2.05) is 48.0 Å². The topological polar surface area (TPSA) is 72.7 Å². The molecule has 0 fully saturated rings. The fraction of sp³-hybridized carbons (Fsp3) is 0.238. The van der Waals surface area contributed by atoms with Crippen LogP contribution in [0.2, 0.25) is 10.2 Å². The largest absolute Gasteiger partial charge is 0.497 e. The van der Waals surface area contributed by atoms with Gasteiger partial charge < -0.3 is 24.7 Å². The average Bonchev–Trinajstić information content (AvgIpc) is 3.01. The van der Waals surface area contributed by atoms with Crippen molar-refractivity contribution in [1.29, 1.82) is 0 Å². The van der Waals surface area contributed by atoms with E-state index in [1.54, 1.807) is 26.4 Å². The summed E-state index contributed by atoms with van der Waals surface area (Å²) in [7, 11) is 5.19. The van der Waals surface area contributed by atoms with E-state index in [9.17, 15) is 0 Å². The van der Waals surface area contributed by atoms with Gasteiger partial charge in [0, 0.05) is 44.7 Å². The van der Waals surface area contributed by atoms with Crippen molar-refractivity contribution in [3.63, 3.8) is 0 Å². The number of nitrogens with zero attached hydrogens (tertiary/aromatic N) is 3. The summed E-state index contributed by atoms with van der Waals surface area (Å²) >= 11 is 12.2. The Morgan fingerprint density at radius 2 is 1.84 bits per heavy atom. The summed E-state index contributed by atoms with van der Waals surface area (Å²) in [6.07, 6.45) is 1.76. The Balaban J connectivity index is 0.00000341. The lowest BCUT2D eigenvalue weighted by atomic mass is 10.3. The van der Waals surface area contributed by atoms with Gasteiger partial charge in [0.25, 0.3) is 0 Å². The molecular formula is C21H24Cl2IN5O2. The van der Waals surface area contributed by atoms with Crippen LogP contribution in [0.5, 0.6) is 17.4 Å². The molecular weight excluding hydrogens is 552 g/mol. The molecule has 166 valence electrons. The Bertz CT molecular complexity index is 1030. The molecule has 0 aliphatic rings. The number of ether oxygens (including phenoxy) is 2. The highest BCUT2D eigenvalue weighted by molar-refractivity contribution is 14.0. The summed E-state index contributed by atoms with van der Waals surface area (Å²) in [5, 5.41) is 7.53. The van der Waals surface area contributed by atoms with Crippen LogP contribution in [0.4, 0.5) is 0 Å². The third kappa shape index (κ3) is 6.91. The van der Waals surface area contributed by atoms with E-state index in [0.717, 1.165) is 17.0 Å². The number of halogens is 3. The van der Waals surface area contributed by atoms with Crippen molar-refractivity contribution in [3.05, 3.63) is 70.1 Å². The molecule has 0 spiro atoms. The first-order valence-corrected chi connectivity index (χ1v) is 9.96. The van der Waals surface area contributed by atoms with Crippen LogP contribution in [-0.2, 0) is 20.1 Å². The van der Waals surface area contributed by atoms with Crippen molar-refractivity contribution < 1.29 is 9.47 Å². The normalized spacial score (nSPS) is 10.9. The number of guanidine groups is 1. The summed E-state index contributed by atoms with van der Waals surface area (Å²) in [5.74, 6) is 2.55. The molecule has 10 heteroatoms. The van der Waals surface area contributed by atoms with Gasteiger partial charge in [0.15, 0.2) is 5.96 Å². The standard InChI is InChI=1S/C21H23Cl2N5O2.HI/c1-24-21(27-13-15-9-18(22)20(23)28(15)2)26-12-14-7-8-19(25-11-14)30-17-6-4-5-16(10-17)29-3;/h4-11H,12-13H2,1-3H3,(H2,24,26,27);1H. The van der Waals surface area contributed by atoms with Crippen LogP contribution in [0.3, 0.4) is 0 Å². The number of methoxy groups -OCH3 is 1. The van der Waals surface area contributed by atoms with E-state index in [0.29, 0.717) is 40.9 Å². The molecule has 0 atom stereocenters. The molecule has 31 heavy (non-hydrogen) atoms. The zero-order valence-electron chi connectivity index (χ0n) is 17.4. The predicted molar refractivity (Wildman–Crippen MR) is 135 cm³/mol. The van der Waals surface area contributed by atoms with Crippen LogP contribution in [0.25, 0.3) is 0 Å². The minimum Gasteiger partial charge on any atom is -0.497 e. The van der Waals surface area contributed by atoms with Gasteiger partial charge in [-0.15, -0.1) is 24.0 Å². The highest BCUT2D eigenvalue weighted by atomic mass is 127. The van der Waals surface area contributed by atoms with E-state index in [2.05, 4.69) is 20.6 Å². The van der Waals surface area contributed by atoms with Gasteiger partial charge in [0.1, 0.15) is 16.7 Å². The van der Waals surface area contributed by atoms with Crippen LogP contribution >= 0.6 is 47.2 Å². The molecule has 7 nitrogen and oxygen atoms in total. The molecule has 0 amide bonds. The highest BCUT2D eigenvalue weighted by Crippen LogP contribution is 2.25. The number of nitrogens with one attached hydrogen (secondary N) is 2. The van der Waals surface area contributed by atoms with Crippen molar-refractivity contribution in [2.75, 3.05) is 14.2 Å². The number of pyridine rings is 1. The summed E-state index contributed by atoms with van der Waals surface area (Å²) in [4.78, 5) is 8.58. The molecule has 0 bridgehead atoms. The number of benzene rings is 1. The van der Waals surface area contributed by atoms with Gasteiger partial charge in [0.2, 0.25) is 5.88 Å². The van der Waals surface area contributed by atoms with Gasteiger partial charge >= 0.3 is 0 Å². The van der Waals surface area contributed by atoms with E-state index in [1.165, 1.54) is 0 Å². The number of aromatic nitrogens is 2. The van der Waals surface area contributed by atoms with Crippen LogP contribution in [0.1, 0.15) is 11.3 Å².